The minimum Gasteiger partial charge on any atom is -0.465 e. The fourth-order valence-corrected chi connectivity index (χ4v) is 5.62. The first-order chi connectivity index (χ1) is 13.3. The Morgan fingerprint density at radius 1 is 1.18 bits per heavy atom. The van der Waals surface area contributed by atoms with E-state index in [1.54, 1.807) is 18.2 Å². The van der Waals surface area contributed by atoms with Crippen LogP contribution >= 0.6 is 11.3 Å². The van der Waals surface area contributed by atoms with Crippen LogP contribution in [0.2, 0.25) is 0 Å². The molecule has 1 saturated heterocycles. The first-order valence-electron chi connectivity index (χ1n) is 8.51. The summed E-state index contributed by atoms with van der Waals surface area (Å²) in [5, 5.41) is 1.44. The Hall–Kier alpha value is -2.30. The summed E-state index contributed by atoms with van der Waals surface area (Å²) < 4.78 is 45.2. The smallest absolute Gasteiger partial charge is 0.338 e. The van der Waals surface area contributed by atoms with Crippen LogP contribution in [0.15, 0.2) is 39.9 Å². The average molecular weight is 426 g/mol. The molecule has 150 valence electrons. The first-order valence-corrected chi connectivity index (χ1v) is 10.8. The van der Waals surface area contributed by atoms with Crippen LogP contribution in [0.4, 0.5) is 4.39 Å². The average Bonchev–Trinajstić information content (AvgIpc) is 3.20. The lowest BCUT2D eigenvalue weighted by atomic mass is 10.1. The molecule has 0 spiro atoms. The minimum atomic E-state index is -3.75. The molecule has 0 bridgehead atoms. The van der Waals surface area contributed by atoms with Crippen LogP contribution in [0, 0.1) is 5.82 Å². The molecule has 10 heteroatoms. The van der Waals surface area contributed by atoms with Crippen molar-refractivity contribution in [1.29, 1.82) is 0 Å². The Balaban J connectivity index is 1.63. The highest BCUT2D eigenvalue weighted by Crippen LogP contribution is 2.25. The molecule has 2 aromatic rings. The van der Waals surface area contributed by atoms with Crippen molar-refractivity contribution < 1.29 is 27.1 Å². The van der Waals surface area contributed by atoms with Crippen molar-refractivity contribution >= 4 is 33.2 Å². The van der Waals surface area contributed by atoms with Gasteiger partial charge in [-0.2, -0.15) is 4.31 Å². The van der Waals surface area contributed by atoms with E-state index in [1.807, 2.05) is 0 Å². The summed E-state index contributed by atoms with van der Waals surface area (Å²) in [6, 6.07) is 7.38. The number of amides is 1. The van der Waals surface area contributed by atoms with Gasteiger partial charge in [-0.1, -0.05) is 18.2 Å². The number of sulfonamides is 1. The topological polar surface area (TPSA) is 84.0 Å². The van der Waals surface area contributed by atoms with Gasteiger partial charge >= 0.3 is 5.97 Å². The molecule has 1 aliphatic rings. The summed E-state index contributed by atoms with van der Waals surface area (Å²) in [6.45, 7) is 0.719. The highest BCUT2D eigenvalue weighted by molar-refractivity contribution is 7.91. The van der Waals surface area contributed by atoms with Crippen molar-refractivity contribution in [3.63, 3.8) is 0 Å². The normalized spacial score (nSPS) is 15.4. The number of hydrogen-bond donors (Lipinski definition) is 0. The van der Waals surface area contributed by atoms with Crippen molar-refractivity contribution in [2.24, 2.45) is 0 Å². The van der Waals surface area contributed by atoms with E-state index in [1.165, 1.54) is 33.8 Å². The second-order valence-electron chi connectivity index (χ2n) is 6.20. The monoisotopic (exact) mass is 426 g/mol. The Labute approximate surface area is 166 Å². The minimum absolute atomic E-state index is 0.0547. The molecule has 3 rings (SSSR count). The molecule has 1 aromatic heterocycles. The van der Waals surface area contributed by atoms with Gasteiger partial charge in [-0.25, -0.2) is 17.6 Å². The molecule has 1 aliphatic heterocycles. The standard InChI is InChI=1S/C18H19FN2O5S2/c1-26-18(23)14-11-17(27-12-14)28(24,25)21-8-6-20(7-9-21)16(22)10-13-4-2-3-5-15(13)19/h2-5,11-12H,6-10H2,1H3. The van der Waals surface area contributed by atoms with Crippen LogP contribution in [0.3, 0.4) is 0 Å². The Morgan fingerprint density at radius 2 is 1.86 bits per heavy atom. The molecule has 0 atom stereocenters. The van der Waals surface area contributed by atoms with Crippen molar-refractivity contribution in [2.45, 2.75) is 10.6 Å². The summed E-state index contributed by atoms with van der Waals surface area (Å²) in [6.07, 6.45) is -0.0627. The zero-order valence-electron chi connectivity index (χ0n) is 15.1. The van der Waals surface area contributed by atoms with Crippen LogP contribution in [0.1, 0.15) is 15.9 Å². The lowest BCUT2D eigenvalue weighted by Gasteiger charge is -2.33. The molecule has 1 fully saturated rings. The van der Waals surface area contributed by atoms with E-state index in [-0.39, 0.29) is 48.3 Å². The third kappa shape index (κ3) is 4.23. The number of halogens is 1. The highest BCUT2D eigenvalue weighted by atomic mass is 32.2. The van der Waals surface area contributed by atoms with Crippen molar-refractivity contribution in [3.8, 4) is 0 Å². The van der Waals surface area contributed by atoms with E-state index in [0.717, 1.165) is 11.3 Å². The number of piperazine rings is 1. The lowest BCUT2D eigenvalue weighted by Crippen LogP contribution is -2.50. The number of carbonyl (C=O) groups is 2. The van der Waals surface area contributed by atoms with E-state index in [9.17, 15) is 22.4 Å². The number of carbonyl (C=O) groups excluding carboxylic acids is 2. The highest BCUT2D eigenvalue weighted by Gasteiger charge is 2.31. The summed E-state index contributed by atoms with van der Waals surface area (Å²) in [7, 11) is -2.52. The predicted molar refractivity (Wildman–Crippen MR) is 101 cm³/mol. The van der Waals surface area contributed by atoms with Crippen LogP contribution in [0.5, 0.6) is 0 Å². The molecule has 2 heterocycles. The Kier molecular flexibility index (Phi) is 6.11. The molecular weight excluding hydrogens is 407 g/mol. The van der Waals surface area contributed by atoms with Gasteiger partial charge in [0, 0.05) is 31.6 Å². The summed E-state index contributed by atoms with van der Waals surface area (Å²) in [4.78, 5) is 25.5. The maximum absolute atomic E-state index is 13.7. The van der Waals surface area contributed by atoms with Crippen LogP contribution in [0.25, 0.3) is 0 Å². The second-order valence-corrected chi connectivity index (χ2v) is 9.28. The molecule has 0 radical (unpaired) electrons. The van der Waals surface area contributed by atoms with Crippen molar-refractivity contribution in [1.82, 2.24) is 9.21 Å². The third-order valence-corrected chi connectivity index (χ3v) is 7.80. The quantitative estimate of drug-likeness (QED) is 0.680. The number of esters is 1. The number of thiophene rings is 1. The third-order valence-electron chi connectivity index (χ3n) is 4.48. The van der Waals surface area contributed by atoms with Gasteiger partial charge in [-0.15, -0.1) is 11.3 Å². The fourth-order valence-electron chi connectivity index (χ4n) is 2.90. The molecule has 0 aliphatic carbocycles. The van der Waals surface area contributed by atoms with Crippen LogP contribution in [-0.4, -0.2) is 62.8 Å². The SMILES string of the molecule is COC(=O)c1csc(S(=O)(=O)N2CCN(C(=O)Cc3ccccc3F)CC2)c1. The van der Waals surface area contributed by atoms with E-state index in [4.69, 9.17) is 0 Å². The Bertz CT molecular complexity index is 981. The zero-order valence-corrected chi connectivity index (χ0v) is 16.8. The largest absolute Gasteiger partial charge is 0.465 e. The number of ether oxygens (including phenoxy) is 1. The molecule has 7 nitrogen and oxygen atoms in total. The van der Waals surface area contributed by atoms with Crippen molar-refractivity contribution in [2.75, 3.05) is 33.3 Å². The van der Waals surface area contributed by atoms with Crippen LogP contribution < -0.4 is 0 Å². The second kappa shape index (κ2) is 8.38. The van der Waals surface area contributed by atoms with Crippen LogP contribution in [-0.2, 0) is 26.0 Å². The number of benzene rings is 1. The molecule has 0 unspecified atom stereocenters. The predicted octanol–water partition coefficient (Wildman–Crippen LogP) is 1.75. The molecule has 28 heavy (non-hydrogen) atoms. The molecule has 0 N–H and O–H groups in total. The fraction of sp³-hybridized carbons (Fsp3) is 0.333. The van der Waals surface area contributed by atoms with Gasteiger partial charge in [-0.05, 0) is 17.7 Å². The number of nitrogens with zero attached hydrogens (tertiary/aromatic N) is 2. The molecule has 1 aromatic carbocycles. The number of rotatable bonds is 5. The van der Waals surface area contributed by atoms with E-state index in [2.05, 4.69) is 4.74 Å². The molecule has 0 saturated carbocycles. The summed E-state index contributed by atoms with van der Waals surface area (Å²) in [5.74, 6) is -1.27. The van der Waals surface area contributed by atoms with Gasteiger partial charge in [0.1, 0.15) is 10.0 Å². The van der Waals surface area contributed by atoms with E-state index >= 15 is 0 Å². The number of hydrogen-bond acceptors (Lipinski definition) is 6. The zero-order chi connectivity index (χ0) is 20.3. The maximum Gasteiger partial charge on any atom is 0.338 e. The van der Waals surface area contributed by atoms with Gasteiger partial charge in [0.05, 0.1) is 19.1 Å². The van der Waals surface area contributed by atoms with Gasteiger partial charge < -0.3 is 9.64 Å². The maximum atomic E-state index is 13.7. The first kappa shape index (κ1) is 20.4. The van der Waals surface area contributed by atoms with Crippen molar-refractivity contribution in [3.05, 3.63) is 52.7 Å². The van der Waals surface area contributed by atoms with Gasteiger partial charge in [0.2, 0.25) is 5.91 Å². The molecular formula is C18H19FN2O5S2. The Morgan fingerprint density at radius 3 is 2.50 bits per heavy atom. The summed E-state index contributed by atoms with van der Waals surface area (Å²) in [5.41, 5.74) is 0.501. The summed E-state index contributed by atoms with van der Waals surface area (Å²) >= 11 is 0.952. The van der Waals surface area contributed by atoms with Gasteiger partial charge in [0.15, 0.2) is 0 Å². The van der Waals surface area contributed by atoms with E-state index in [0.29, 0.717) is 5.56 Å². The lowest BCUT2D eigenvalue weighted by molar-refractivity contribution is -0.131. The van der Waals surface area contributed by atoms with E-state index < -0.39 is 21.8 Å². The van der Waals surface area contributed by atoms with Gasteiger partial charge in [-0.3, -0.25) is 4.79 Å². The molecule has 1 amide bonds. The van der Waals surface area contributed by atoms with Gasteiger partial charge in [0.25, 0.3) is 10.0 Å². The number of methoxy groups -OCH3 is 1.